The molecule has 0 aliphatic heterocycles. The number of anilines is 1. The van der Waals surface area contributed by atoms with Gasteiger partial charge in [0.05, 0.1) is 4.90 Å². The highest BCUT2D eigenvalue weighted by atomic mass is 32.2. The Morgan fingerprint density at radius 1 is 1.04 bits per heavy atom. The predicted molar refractivity (Wildman–Crippen MR) is 91.5 cm³/mol. The Hall–Kier alpha value is -2.67. The van der Waals surface area contributed by atoms with E-state index in [-0.39, 0.29) is 23.3 Å². The van der Waals surface area contributed by atoms with Crippen molar-refractivity contribution < 1.29 is 18.0 Å². The lowest BCUT2D eigenvalue weighted by Gasteiger charge is -2.08. The standard InChI is InChI=1S/C17H18N2O4S/c1-12(20)19-15-5-3-4-14(10-15)17(21)18-11-13-6-8-16(9-7-13)24(2,22)23/h3-10H,11H2,1-2H3,(H,18,21)(H,19,20). The summed E-state index contributed by atoms with van der Waals surface area (Å²) < 4.78 is 22.8. The summed E-state index contributed by atoms with van der Waals surface area (Å²) in [6.45, 7) is 1.67. The molecule has 0 saturated heterocycles. The monoisotopic (exact) mass is 346 g/mol. The molecular formula is C17H18N2O4S. The zero-order valence-electron chi connectivity index (χ0n) is 13.4. The fraction of sp³-hybridized carbons (Fsp3) is 0.176. The molecule has 2 aromatic rings. The molecule has 2 amide bonds. The number of amides is 2. The minimum Gasteiger partial charge on any atom is -0.348 e. The fourth-order valence-electron chi connectivity index (χ4n) is 2.08. The maximum atomic E-state index is 12.2. The van der Waals surface area contributed by atoms with Gasteiger partial charge in [-0.05, 0) is 35.9 Å². The normalized spacial score (nSPS) is 10.9. The Bertz CT molecular complexity index is 858. The van der Waals surface area contributed by atoms with Crippen LogP contribution in [-0.4, -0.2) is 26.5 Å². The summed E-state index contributed by atoms with van der Waals surface area (Å²) >= 11 is 0. The van der Waals surface area contributed by atoms with Crippen LogP contribution in [-0.2, 0) is 21.2 Å². The van der Waals surface area contributed by atoms with Crippen LogP contribution in [0.1, 0.15) is 22.8 Å². The molecule has 2 aromatic carbocycles. The molecule has 7 heteroatoms. The maximum absolute atomic E-state index is 12.2. The summed E-state index contributed by atoms with van der Waals surface area (Å²) in [5.41, 5.74) is 1.76. The summed E-state index contributed by atoms with van der Waals surface area (Å²) in [5, 5.41) is 5.37. The molecule has 0 saturated carbocycles. The third kappa shape index (κ3) is 4.92. The number of rotatable bonds is 5. The second kappa shape index (κ2) is 7.27. The second-order valence-electron chi connectivity index (χ2n) is 5.36. The predicted octanol–water partition coefficient (Wildman–Crippen LogP) is 1.98. The maximum Gasteiger partial charge on any atom is 0.251 e. The first-order valence-electron chi connectivity index (χ1n) is 7.20. The Morgan fingerprint density at radius 3 is 2.29 bits per heavy atom. The average Bonchev–Trinajstić information content (AvgIpc) is 2.52. The zero-order chi connectivity index (χ0) is 17.7. The third-order valence-corrected chi connectivity index (χ3v) is 4.38. The fourth-order valence-corrected chi connectivity index (χ4v) is 2.71. The summed E-state index contributed by atoms with van der Waals surface area (Å²) in [6, 6.07) is 12.9. The summed E-state index contributed by atoms with van der Waals surface area (Å²) in [7, 11) is -3.23. The summed E-state index contributed by atoms with van der Waals surface area (Å²) in [6.07, 6.45) is 1.14. The van der Waals surface area contributed by atoms with E-state index in [4.69, 9.17) is 0 Å². The van der Waals surface area contributed by atoms with Crippen LogP contribution in [0, 0.1) is 0 Å². The Balaban J connectivity index is 2.01. The SMILES string of the molecule is CC(=O)Nc1cccc(C(=O)NCc2ccc(S(C)(=O)=O)cc2)c1. The molecule has 2 rings (SSSR count). The topological polar surface area (TPSA) is 92.3 Å². The van der Waals surface area contributed by atoms with Crippen LogP contribution in [0.2, 0.25) is 0 Å². The molecule has 126 valence electrons. The lowest BCUT2D eigenvalue weighted by atomic mass is 10.1. The van der Waals surface area contributed by atoms with E-state index in [0.29, 0.717) is 11.3 Å². The molecule has 0 aromatic heterocycles. The van der Waals surface area contributed by atoms with Gasteiger partial charge in [-0.25, -0.2) is 8.42 Å². The van der Waals surface area contributed by atoms with Crippen LogP contribution in [0.3, 0.4) is 0 Å². The molecule has 0 spiro atoms. The minimum absolute atomic E-state index is 0.210. The molecule has 0 atom stereocenters. The second-order valence-corrected chi connectivity index (χ2v) is 7.38. The van der Waals surface area contributed by atoms with Crippen LogP contribution in [0.15, 0.2) is 53.4 Å². The number of nitrogens with one attached hydrogen (secondary N) is 2. The molecular weight excluding hydrogens is 328 g/mol. The molecule has 2 N–H and O–H groups in total. The number of carbonyl (C=O) groups excluding carboxylic acids is 2. The van der Waals surface area contributed by atoms with Gasteiger partial charge >= 0.3 is 0 Å². The number of hydrogen-bond donors (Lipinski definition) is 2. The van der Waals surface area contributed by atoms with Crippen LogP contribution in [0.5, 0.6) is 0 Å². The average molecular weight is 346 g/mol. The first kappa shape index (κ1) is 17.7. The van der Waals surface area contributed by atoms with Gasteiger partial charge in [-0.1, -0.05) is 18.2 Å². The quantitative estimate of drug-likeness (QED) is 0.866. The van der Waals surface area contributed by atoms with Crippen molar-refractivity contribution in [3.8, 4) is 0 Å². The molecule has 6 nitrogen and oxygen atoms in total. The molecule has 0 fully saturated rings. The van der Waals surface area contributed by atoms with Crippen molar-refractivity contribution >= 4 is 27.3 Å². The van der Waals surface area contributed by atoms with E-state index in [9.17, 15) is 18.0 Å². The van der Waals surface area contributed by atoms with E-state index in [2.05, 4.69) is 10.6 Å². The van der Waals surface area contributed by atoms with E-state index in [1.807, 2.05) is 0 Å². The van der Waals surface area contributed by atoms with Crippen molar-refractivity contribution in [1.29, 1.82) is 0 Å². The van der Waals surface area contributed by atoms with E-state index in [1.165, 1.54) is 19.1 Å². The number of hydrogen-bond acceptors (Lipinski definition) is 4. The minimum atomic E-state index is -3.23. The highest BCUT2D eigenvalue weighted by Gasteiger charge is 2.08. The van der Waals surface area contributed by atoms with E-state index in [1.54, 1.807) is 36.4 Å². The van der Waals surface area contributed by atoms with Crippen molar-refractivity contribution in [1.82, 2.24) is 5.32 Å². The Kier molecular flexibility index (Phi) is 5.35. The van der Waals surface area contributed by atoms with E-state index in [0.717, 1.165) is 11.8 Å². The van der Waals surface area contributed by atoms with Crippen LogP contribution in [0.4, 0.5) is 5.69 Å². The molecule has 0 radical (unpaired) electrons. The first-order valence-corrected chi connectivity index (χ1v) is 9.10. The van der Waals surface area contributed by atoms with Crippen LogP contribution < -0.4 is 10.6 Å². The highest BCUT2D eigenvalue weighted by molar-refractivity contribution is 7.90. The molecule has 0 bridgehead atoms. The van der Waals surface area contributed by atoms with Gasteiger partial charge in [-0.3, -0.25) is 9.59 Å². The molecule has 0 aliphatic carbocycles. The van der Waals surface area contributed by atoms with Gasteiger partial charge in [-0.15, -0.1) is 0 Å². The zero-order valence-corrected chi connectivity index (χ0v) is 14.2. The van der Waals surface area contributed by atoms with Crippen molar-refractivity contribution in [2.24, 2.45) is 0 Å². The molecule has 0 aliphatic rings. The van der Waals surface area contributed by atoms with Gasteiger partial charge in [0.2, 0.25) is 5.91 Å². The van der Waals surface area contributed by atoms with Crippen LogP contribution in [0.25, 0.3) is 0 Å². The molecule has 0 heterocycles. The number of benzene rings is 2. The van der Waals surface area contributed by atoms with Gasteiger partial charge in [-0.2, -0.15) is 0 Å². The lowest BCUT2D eigenvalue weighted by molar-refractivity contribution is -0.114. The Morgan fingerprint density at radius 2 is 1.71 bits per heavy atom. The van der Waals surface area contributed by atoms with Gasteiger partial charge in [0.1, 0.15) is 0 Å². The smallest absolute Gasteiger partial charge is 0.251 e. The first-order chi connectivity index (χ1) is 11.3. The van der Waals surface area contributed by atoms with Crippen molar-refractivity contribution in [3.63, 3.8) is 0 Å². The summed E-state index contributed by atoms with van der Waals surface area (Å²) in [5.74, 6) is -0.493. The van der Waals surface area contributed by atoms with Crippen molar-refractivity contribution in [2.75, 3.05) is 11.6 Å². The van der Waals surface area contributed by atoms with Crippen LogP contribution >= 0.6 is 0 Å². The van der Waals surface area contributed by atoms with Crippen molar-refractivity contribution in [2.45, 2.75) is 18.4 Å². The number of sulfone groups is 1. The van der Waals surface area contributed by atoms with E-state index < -0.39 is 9.84 Å². The van der Waals surface area contributed by atoms with Gasteiger partial charge < -0.3 is 10.6 Å². The van der Waals surface area contributed by atoms with E-state index >= 15 is 0 Å². The highest BCUT2D eigenvalue weighted by Crippen LogP contribution is 2.12. The Labute approximate surface area is 140 Å². The summed E-state index contributed by atoms with van der Waals surface area (Å²) in [4.78, 5) is 23.4. The largest absolute Gasteiger partial charge is 0.348 e. The van der Waals surface area contributed by atoms with Crippen molar-refractivity contribution in [3.05, 3.63) is 59.7 Å². The van der Waals surface area contributed by atoms with Gasteiger partial charge in [0.15, 0.2) is 9.84 Å². The van der Waals surface area contributed by atoms with Gasteiger partial charge in [0.25, 0.3) is 5.91 Å². The molecule has 0 unspecified atom stereocenters. The molecule has 24 heavy (non-hydrogen) atoms. The van der Waals surface area contributed by atoms with Gasteiger partial charge in [0, 0.05) is 31.0 Å². The third-order valence-electron chi connectivity index (χ3n) is 3.25. The lowest BCUT2D eigenvalue weighted by Crippen LogP contribution is -2.23. The number of carbonyl (C=O) groups is 2.